The van der Waals surface area contributed by atoms with E-state index in [-0.39, 0.29) is 35.4 Å². The first-order valence-corrected chi connectivity index (χ1v) is 10.3. The lowest BCUT2D eigenvalue weighted by molar-refractivity contribution is -0.156. The number of primary amides is 1. The molecular formula is C21H28F2N4O4. The SMILES string of the molecule is CNC(CCC(C)(F)F)C(=O)N(C=O)[C@H]1CC2(C[C@H](Oc3ncccc3C(N)=O)C2)C1. The minimum Gasteiger partial charge on any atom is -0.474 e. The van der Waals surface area contributed by atoms with E-state index in [9.17, 15) is 23.2 Å². The molecule has 170 valence electrons. The van der Waals surface area contributed by atoms with Crippen LogP contribution in [0, 0.1) is 5.41 Å². The van der Waals surface area contributed by atoms with Gasteiger partial charge in [-0.15, -0.1) is 0 Å². The highest BCUT2D eigenvalue weighted by Crippen LogP contribution is 2.58. The van der Waals surface area contributed by atoms with Crippen LogP contribution < -0.4 is 15.8 Å². The van der Waals surface area contributed by atoms with Crippen molar-refractivity contribution in [3.05, 3.63) is 23.9 Å². The number of halogens is 2. The highest BCUT2D eigenvalue weighted by atomic mass is 19.3. The average molecular weight is 438 g/mol. The predicted molar refractivity (Wildman–Crippen MR) is 107 cm³/mol. The fraction of sp³-hybridized carbons (Fsp3) is 0.619. The fourth-order valence-corrected chi connectivity index (χ4v) is 4.58. The van der Waals surface area contributed by atoms with E-state index < -0.39 is 30.2 Å². The number of amides is 3. The first-order chi connectivity index (χ1) is 14.6. The van der Waals surface area contributed by atoms with E-state index in [0.717, 1.165) is 24.7 Å². The molecule has 1 aromatic heterocycles. The maximum atomic E-state index is 13.2. The van der Waals surface area contributed by atoms with E-state index in [2.05, 4.69) is 10.3 Å². The number of alkyl halides is 2. The lowest BCUT2D eigenvalue weighted by Crippen LogP contribution is -2.61. The number of nitrogens with two attached hydrogens (primary N) is 1. The third-order valence-electron chi connectivity index (χ3n) is 6.25. The molecule has 3 rings (SSSR count). The first kappa shape index (κ1) is 23.1. The van der Waals surface area contributed by atoms with Crippen LogP contribution in [0.2, 0.25) is 0 Å². The highest BCUT2D eigenvalue weighted by Gasteiger charge is 2.56. The number of hydrogen-bond acceptors (Lipinski definition) is 6. The van der Waals surface area contributed by atoms with Gasteiger partial charge in [0.05, 0.1) is 6.04 Å². The van der Waals surface area contributed by atoms with Crippen LogP contribution in [-0.2, 0) is 9.59 Å². The quantitative estimate of drug-likeness (QED) is 0.539. The van der Waals surface area contributed by atoms with Crippen LogP contribution in [-0.4, -0.2) is 59.3 Å². The van der Waals surface area contributed by atoms with Gasteiger partial charge in [0.25, 0.3) is 5.91 Å². The van der Waals surface area contributed by atoms with Gasteiger partial charge < -0.3 is 15.8 Å². The summed E-state index contributed by atoms with van der Waals surface area (Å²) in [7, 11) is 1.52. The zero-order valence-corrected chi connectivity index (χ0v) is 17.6. The summed E-state index contributed by atoms with van der Waals surface area (Å²) in [5.41, 5.74) is 5.54. The first-order valence-electron chi connectivity index (χ1n) is 10.3. The zero-order chi connectivity index (χ0) is 22.8. The van der Waals surface area contributed by atoms with Crippen molar-refractivity contribution in [3.63, 3.8) is 0 Å². The van der Waals surface area contributed by atoms with Crippen LogP contribution >= 0.6 is 0 Å². The summed E-state index contributed by atoms with van der Waals surface area (Å²) >= 11 is 0. The van der Waals surface area contributed by atoms with E-state index in [1.807, 2.05) is 0 Å². The predicted octanol–water partition coefficient (Wildman–Crippen LogP) is 1.88. The van der Waals surface area contributed by atoms with Crippen LogP contribution in [0.3, 0.4) is 0 Å². The third kappa shape index (κ3) is 5.17. The van der Waals surface area contributed by atoms with Crippen LogP contribution in [0.1, 0.15) is 55.8 Å². The maximum Gasteiger partial charge on any atom is 0.254 e. The monoisotopic (exact) mass is 438 g/mol. The molecule has 1 spiro atoms. The van der Waals surface area contributed by atoms with Gasteiger partial charge in [0.15, 0.2) is 0 Å². The number of likely N-dealkylation sites (N-methyl/N-ethyl adjacent to an activating group) is 1. The van der Waals surface area contributed by atoms with Crippen LogP contribution in [0.4, 0.5) is 8.78 Å². The smallest absolute Gasteiger partial charge is 0.254 e. The second-order valence-corrected chi connectivity index (χ2v) is 8.73. The Morgan fingerprint density at radius 2 is 2.10 bits per heavy atom. The number of imide groups is 1. The van der Waals surface area contributed by atoms with Gasteiger partial charge in [-0.25, -0.2) is 13.8 Å². The Morgan fingerprint density at radius 3 is 2.65 bits per heavy atom. The molecule has 2 saturated carbocycles. The number of ether oxygens (including phenoxy) is 1. The van der Waals surface area contributed by atoms with Gasteiger partial charge in [-0.1, -0.05) is 0 Å². The van der Waals surface area contributed by atoms with Gasteiger partial charge in [-0.2, -0.15) is 0 Å². The molecule has 0 radical (unpaired) electrons. The largest absolute Gasteiger partial charge is 0.474 e. The normalized spacial score (nSPS) is 25.8. The van der Waals surface area contributed by atoms with Crippen LogP contribution in [0.15, 0.2) is 18.3 Å². The number of carbonyl (C=O) groups is 3. The lowest BCUT2D eigenvalue weighted by Gasteiger charge is -2.58. The van der Waals surface area contributed by atoms with E-state index >= 15 is 0 Å². The summed E-state index contributed by atoms with van der Waals surface area (Å²) < 4.78 is 32.1. The molecule has 1 unspecified atom stereocenters. The number of nitrogens with one attached hydrogen (secondary N) is 1. The number of rotatable bonds is 10. The van der Waals surface area contributed by atoms with Crippen LogP contribution in [0.5, 0.6) is 5.88 Å². The molecule has 3 amide bonds. The molecular weight excluding hydrogens is 410 g/mol. The van der Waals surface area contributed by atoms with E-state index in [0.29, 0.717) is 19.3 Å². The lowest BCUT2D eigenvalue weighted by atomic mass is 9.52. The summed E-state index contributed by atoms with van der Waals surface area (Å²) in [6, 6.07) is 2.08. The maximum absolute atomic E-state index is 13.2. The summed E-state index contributed by atoms with van der Waals surface area (Å²) in [5.74, 6) is -3.75. The molecule has 10 heteroatoms. The molecule has 1 heterocycles. The second kappa shape index (κ2) is 8.86. The van der Waals surface area contributed by atoms with Crippen molar-refractivity contribution in [1.29, 1.82) is 0 Å². The summed E-state index contributed by atoms with van der Waals surface area (Å²) in [6.45, 7) is 0.809. The Bertz CT molecular complexity index is 831. The molecule has 0 saturated heterocycles. The molecule has 2 aliphatic carbocycles. The second-order valence-electron chi connectivity index (χ2n) is 8.73. The molecule has 0 aromatic carbocycles. The topological polar surface area (TPSA) is 115 Å². The van der Waals surface area contributed by atoms with Gasteiger partial charge >= 0.3 is 0 Å². The van der Waals surface area contributed by atoms with E-state index in [4.69, 9.17) is 10.5 Å². The molecule has 0 bridgehead atoms. The fourth-order valence-electron chi connectivity index (χ4n) is 4.58. The third-order valence-corrected chi connectivity index (χ3v) is 6.25. The molecule has 2 fully saturated rings. The van der Waals surface area contributed by atoms with E-state index in [1.54, 1.807) is 12.1 Å². The summed E-state index contributed by atoms with van der Waals surface area (Å²) in [4.78, 5) is 41.0. The summed E-state index contributed by atoms with van der Waals surface area (Å²) in [6.07, 6.45) is 4.13. The summed E-state index contributed by atoms with van der Waals surface area (Å²) in [5, 5.41) is 2.74. The van der Waals surface area contributed by atoms with Crippen molar-refractivity contribution in [2.45, 2.75) is 69.6 Å². The Morgan fingerprint density at radius 1 is 1.42 bits per heavy atom. The van der Waals surface area contributed by atoms with Crippen molar-refractivity contribution in [2.24, 2.45) is 11.1 Å². The Kier molecular flexibility index (Phi) is 6.59. The number of hydrogen-bond donors (Lipinski definition) is 2. The minimum atomic E-state index is -2.87. The molecule has 31 heavy (non-hydrogen) atoms. The Hall–Kier alpha value is -2.62. The zero-order valence-electron chi connectivity index (χ0n) is 17.6. The van der Waals surface area contributed by atoms with E-state index in [1.165, 1.54) is 13.2 Å². The minimum absolute atomic E-state index is 0.0237. The van der Waals surface area contributed by atoms with Gasteiger partial charge in [-0.3, -0.25) is 19.3 Å². The van der Waals surface area contributed by atoms with Gasteiger partial charge in [0, 0.05) is 18.7 Å². The molecule has 1 aromatic rings. The standard InChI is InChI=1S/C21H28F2N4O4/c1-20(22,23)6-5-16(25-2)19(30)27(12-28)13-8-21(9-13)10-14(11-21)31-18-15(17(24)29)4-3-7-26-18/h3-4,7,12-14,16,25H,5-6,8-11H2,1-2H3,(H2,24,29)/t13-,14-,16?,21?. The van der Waals surface area contributed by atoms with Crippen molar-refractivity contribution < 1.29 is 27.9 Å². The molecule has 1 atom stereocenters. The average Bonchev–Trinajstić information content (AvgIpc) is 2.64. The number of aromatic nitrogens is 1. The molecule has 3 N–H and O–H groups in total. The van der Waals surface area contributed by atoms with Crippen LogP contribution in [0.25, 0.3) is 0 Å². The van der Waals surface area contributed by atoms with Gasteiger partial charge in [0.2, 0.25) is 24.1 Å². The number of pyridine rings is 1. The van der Waals surface area contributed by atoms with Gasteiger partial charge in [-0.05, 0) is 63.6 Å². The van der Waals surface area contributed by atoms with Crippen molar-refractivity contribution in [1.82, 2.24) is 15.2 Å². The molecule has 2 aliphatic rings. The Balaban J connectivity index is 1.52. The van der Waals surface area contributed by atoms with Crippen molar-refractivity contribution >= 4 is 18.2 Å². The Labute approximate surface area is 179 Å². The molecule has 8 nitrogen and oxygen atoms in total. The van der Waals surface area contributed by atoms with Gasteiger partial charge in [0.1, 0.15) is 11.7 Å². The number of nitrogens with zero attached hydrogens (tertiary/aromatic N) is 2. The van der Waals surface area contributed by atoms with Crippen molar-refractivity contribution in [2.75, 3.05) is 7.05 Å². The van der Waals surface area contributed by atoms with Crippen molar-refractivity contribution in [3.8, 4) is 5.88 Å². The molecule has 0 aliphatic heterocycles. The highest BCUT2D eigenvalue weighted by molar-refractivity contribution is 5.95. The number of carbonyl (C=O) groups excluding carboxylic acids is 3.